The number of ether oxygens (including phenoxy) is 2. The number of benzene rings is 2. The standard InChI is InChI=1S/C27H38O5Si/c1-8-20(2)23-27(24(28)29,32-26(6,7)31-23)19-30-33(25(3,4)5,21-15-11-9-12-16-21)22-17-13-10-14-18-22/h9-18,20,23H,8,19H2,1-7H3,(H,28,29)/t20-,23-,27+/m0/s1. The molecule has 0 spiro atoms. The first-order valence-electron chi connectivity index (χ1n) is 11.8. The van der Waals surface area contributed by atoms with E-state index in [-0.39, 0.29) is 17.6 Å². The van der Waals surface area contributed by atoms with Crippen molar-refractivity contribution in [2.24, 2.45) is 5.92 Å². The van der Waals surface area contributed by atoms with E-state index < -0.39 is 31.8 Å². The monoisotopic (exact) mass is 470 g/mol. The number of carboxylic acid groups (broad SMARTS) is 1. The highest BCUT2D eigenvalue weighted by molar-refractivity contribution is 6.99. The van der Waals surface area contributed by atoms with Crippen LogP contribution < -0.4 is 10.4 Å². The lowest BCUT2D eigenvalue weighted by atomic mass is 9.87. The van der Waals surface area contributed by atoms with Gasteiger partial charge in [-0.1, -0.05) is 102 Å². The largest absolute Gasteiger partial charge is 0.479 e. The molecule has 180 valence electrons. The van der Waals surface area contributed by atoms with Gasteiger partial charge in [-0.15, -0.1) is 0 Å². The second kappa shape index (κ2) is 9.33. The average molecular weight is 471 g/mol. The van der Waals surface area contributed by atoms with Crippen molar-refractivity contribution in [1.29, 1.82) is 0 Å². The molecule has 1 heterocycles. The summed E-state index contributed by atoms with van der Waals surface area (Å²) in [6.45, 7) is 14.0. The number of hydrogen-bond acceptors (Lipinski definition) is 4. The van der Waals surface area contributed by atoms with Crippen molar-refractivity contribution in [3.8, 4) is 0 Å². The van der Waals surface area contributed by atoms with Gasteiger partial charge in [0, 0.05) is 0 Å². The van der Waals surface area contributed by atoms with Crippen molar-refractivity contribution >= 4 is 24.7 Å². The van der Waals surface area contributed by atoms with Gasteiger partial charge in [-0.05, 0) is 35.2 Å². The molecule has 1 aliphatic heterocycles. The second-order valence-corrected chi connectivity index (χ2v) is 14.9. The van der Waals surface area contributed by atoms with E-state index in [2.05, 4.69) is 45.0 Å². The molecular weight excluding hydrogens is 432 g/mol. The van der Waals surface area contributed by atoms with Crippen LogP contribution in [0.4, 0.5) is 0 Å². The van der Waals surface area contributed by atoms with Gasteiger partial charge in [-0.3, -0.25) is 0 Å². The van der Waals surface area contributed by atoms with Crippen molar-refractivity contribution < 1.29 is 23.8 Å². The molecule has 1 aliphatic rings. The fraction of sp³-hybridized carbons (Fsp3) is 0.519. The highest BCUT2D eigenvalue weighted by Gasteiger charge is 2.62. The van der Waals surface area contributed by atoms with E-state index in [1.54, 1.807) is 13.8 Å². The third-order valence-electron chi connectivity index (χ3n) is 6.74. The first kappa shape index (κ1) is 25.6. The fourth-order valence-corrected chi connectivity index (χ4v) is 9.61. The first-order chi connectivity index (χ1) is 15.4. The Morgan fingerprint density at radius 3 is 1.94 bits per heavy atom. The number of rotatable bonds is 8. The molecule has 1 saturated heterocycles. The van der Waals surface area contributed by atoms with Gasteiger partial charge in [0.2, 0.25) is 5.60 Å². The summed E-state index contributed by atoms with van der Waals surface area (Å²) in [7, 11) is -2.93. The molecule has 0 bridgehead atoms. The number of carbonyl (C=O) groups is 1. The zero-order valence-corrected chi connectivity index (χ0v) is 21.9. The molecule has 0 aliphatic carbocycles. The van der Waals surface area contributed by atoms with Gasteiger partial charge in [-0.25, -0.2) is 4.79 Å². The lowest BCUT2D eigenvalue weighted by Crippen LogP contribution is -2.69. The summed E-state index contributed by atoms with van der Waals surface area (Å²) in [5.41, 5.74) is -1.59. The number of hydrogen-bond donors (Lipinski definition) is 1. The normalized spacial score (nSPS) is 23.9. The molecule has 5 nitrogen and oxygen atoms in total. The summed E-state index contributed by atoms with van der Waals surface area (Å²) in [6, 6.07) is 20.4. The molecule has 2 aromatic carbocycles. The summed E-state index contributed by atoms with van der Waals surface area (Å²) in [4.78, 5) is 12.8. The molecule has 3 rings (SSSR count). The van der Waals surface area contributed by atoms with Gasteiger partial charge in [0.15, 0.2) is 5.79 Å². The Labute approximate surface area is 199 Å². The van der Waals surface area contributed by atoms with Crippen molar-refractivity contribution in [2.75, 3.05) is 6.61 Å². The van der Waals surface area contributed by atoms with Crippen LogP contribution in [0.5, 0.6) is 0 Å². The lowest BCUT2D eigenvalue weighted by molar-refractivity contribution is -0.190. The zero-order chi connectivity index (χ0) is 24.5. The smallest absolute Gasteiger partial charge is 0.341 e. The van der Waals surface area contributed by atoms with E-state index in [1.807, 2.05) is 50.2 Å². The van der Waals surface area contributed by atoms with Crippen LogP contribution in [0.1, 0.15) is 54.9 Å². The molecule has 2 aromatic rings. The molecule has 1 N–H and O–H groups in total. The third-order valence-corrected chi connectivity index (χ3v) is 11.7. The minimum atomic E-state index is -2.93. The molecule has 1 fully saturated rings. The average Bonchev–Trinajstić information content (AvgIpc) is 3.06. The topological polar surface area (TPSA) is 65.0 Å². The number of carboxylic acids is 1. The Bertz CT molecular complexity index is 898. The van der Waals surface area contributed by atoms with Crippen LogP contribution in [-0.4, -0.2) is 43.5 Å². The highest BCUT2D eigenvalue weighted by Crippen LogP contribution is 2.44. The maximum absolute atomic E-state index is 12.8. The van der Waals surface area contributed by atoms with Crippen molar-refractivity contribution in [1.82, 2.24) is 0 Å². The quantitative estimate of drug-likeness (QED) is 0.572. The highest BCUT2D eigenvalue weighted by atomic mass is 28.4. The summed E-state index contributed by atoms with van der Waals surface area (Å²) >= 11 is 0. The van der Waals surface area contributed by atoms with Crippen molar-refractivity contribution in [3.05, 3.63) is 60.7 Å². The Morgan fingerprint density at radius 2 is 1.55 bits per heavy atom. The van der Waals surface area contributed by atoms with E-state index in [0.717, 1.165) is 16.8 Å². The SMILES string of the molecule is CC[C@H](C)[C@@H]1OC(C)(C)O[C@@]1(CO[Si](c1ccccc1)(c1ccccc1)C(C)(C)C)C(=O)O. The van der Waals surface area contributed by atoms with Gasteiger partial charge in [-0.2, -0.15) is 0 Å². The minimum Gasteiger partial charge on any atom is -0.479 e. The van der Waals surface area contributed by atoms with Crippen LogP contribution in [0.2, 0.25) is 5.04 Å². The zero-order valence-electron chi connectivity index (χ0n) is 20.9. The molecule has 0 aromatic heterocycles. The van der Waals surface area contributed by atoms with Crippen molar-refractivity contribution in [3.63, 3.8) is 0 Å². The molecule has 6 heteroatoms. The van der Waals surface area contributed by atoms with Crippen LogP contribution >= 0.6 is 0 Å². The van der Waals surface area contributed by atoms with Gasteiger partial charge in [0.25, 0.3) is 8.32 Å². The van der Waals surface area contributed by atoms with Gasteiger partial charge in [0.1, 0.15) is 6.10 Å². The molecule has 33 heavy (non-hydrogen) atoms. The molecule has 0 saturated carbocycles. The van der Waals surface area contributed by atoms with Crippen LogP contribution in [0.25, 0.3) is 0 Å². The molecular formula is C27H38O5Si. The van der Waals surface area contributed by atoms with Crippen LogP contribution in [0.3, 0.4) is 0 Å². The third kappa shape index (κ3) is 4.67. The minimum absolute atomic E-state index is 0.00868. The predicted octanol–water partition coefficient (Wildman–Crippen LogP) is 4.58. The maximum Gasteiger partial charge on any atom is 0.341 e. The Kier molecular flexibility index (Phi) is 7.25. The van der Waals surface area contributed by atoms with Crippen LogP contribution in [0.15, 0.2) is 60.7 Å². The van der Waals surface area contributed by atoms with Crippen LogP contribution in [-0.2, 0) is 18.7 Å². The Hall–Kier alpha value is -1.99. The maximum atomic E-state index is 12.8. The first-order valence-corrected chi connectivity index (χ1v) is 13.7. The number of aliphatic carboxylic acids is 1. The lowest BCUT2D eigenvalue weighted by Gasteiger charge is -2.45. The molecule has 0 amide bonds. The van der Waals surface area contributed by atoms with Gasteiger partial charge >= 0.3 is 5.97 Å². The van der Waals surface area contributed by atoms with Crippen LogP contribution in [0, 0.1) is 5.92 Å². The second-order valence-electron chi connectivity index (χ2n) is 10.6. The molecule has 0 radical (unpaired) electrons. The Balaban J connectivity index is 2.16. The predicted molar refractivity (Wildman–Crippen MR) is 133 cm³/mol. The van der Waals surface area contributed by atoms with E-state index in [9.17, 15) is 9.90 Å². The summed E-state index contributed by atoms with van der Waals surface area (Å²) < 4.78 is 19.3. The van der Waals surface area contributed by atoms with Gasteiger partial charge < -0.3 is 19.0 Å². The van der Waals surface area contributed by atoms with E-state index in [4.69, 9.17) is 13.9 Å². The summed E-state index contributed by atoms with van der Waals surface area (Å²) in [5, 5.41) is 12.4. The summed E-state index contributed by atoms with van der Waals surface area (Å²) in [5.74, 6) is -2.07. The van der Waals surface area contributed by atoms with E-state index in [1.165, 1.54) is 0 Å². The van der Waals surface area contributed by atoms with Gasteiger partial charge in [0.05, 0.1) is 6.61 Å². The van der Waals surface area contributed by atoms with E-state index in [0.29, 0.717) is 0 Å². The molecule has 3 atom stereocenters. The summed E-state index contributed by atoms with van der Waals surface area (Å²) in [6.07, 6.45) is 0.159. The Morgan fingerprint density at radius 1 is 1.06 bits per heavy atom. The molecule has 0 unspecified atom stereocenters. The van der Waals surface area contributed by atoms with Crippen molar-refractivity contribution in [2.45, 2.75) is 77.4 Å². The fourth-order valence-electron chi connectivity index (χ4n) is 5.03. The van der Waals surface area contributed by atoms with E-state index >= 15 is 0 Å².